The number of nitrogens with zero attached hydrogens (tertiary/aromatic N) is 2. The van der Waals surface area contributed by atoms with Crippen molar-refractivity contribution in [3.05, 3.63) is 114 Å². The van der Waals surface area contributed by atoms with E-state index in [-0.39, 0.29) is 5.57 Å². The van der Waals surface area contributed by atoms with Crippen LogP contribution in [0.5, 0.6) is 5.75 Å². The molecular weight excluding hydrogens is 444 g/mol. The van der Waals surface area contributed by atoms with Gasteiger partial charge in [0.1, 0.15) is 18.0 Å². The van der Waals surface area contributed by atoms with E-state index in [1.54, 1.807) is 17.0 Å². The molecular formula is C28H24N2O3S. The molecule has 1 N–H and O–H groups in total. The van der Waals surface area contributed by atoms with E-state index in [4.69, 9.17) is 9.84 Å². The number of aromatic nitrogens is 2. The molecule has 1 heterocycles. The predicted octanol–water partition coefficient (Wildman–Crippen LogP) is 6.95. The SMILES string of the molecule is C=C(S/C=C(\C)C(=O)O)n1nc(-c2ccccc2)c(OCc2ccccc2)c1-c1ccccc1. The lowest BCUT2D eigenvalue weighted by molar-refractivity contribution is -0.132. The van der Waals surface area contributed by atoms with Crippen LogP contribution in [0.1, 0.15) is 12.5 Å². The van der Waals surface area contributed by atoms with Gasteiger partial charge in [0.2, 0.25) is 0 Å². The Labute approximate surface area is 203 Å². The lowest BCUT2D eigenvalue weighted by Gasteiger charge is -2.12. The lowest BCUT2D eigenvalue weighted by atomic mass is 10.1. The van der Waals surface area contributed by atoms with Crippen LogP contribution in [0.3, 0.4) is 0 Å². The Morgan fingerprint density at radius 3 is 2.12 bits per heavy atom. The second kappa shape index (κ2) is 10.7. The van der Waals surface area contributed by atoms with Gasteiger partial charge in [-0.15, -0.1) is 0 Å². The zero-order chi connectivity index (χ0) is 23.9. The minimum atomic E-state index is -0.971. The number of hydrogen-bond acceptors (Lipinski definition) is 4. The van der Waals surface area contributed by atoms with Crippen molar-refractivity contribution in [1.29, 1.82) is 0 Å². The van der Waals surface area contributed by atoms with Gasteiger partial charge in [-0.3, -0.25) is 0 Å². The second-order valence-electron chi connectivity index (χ2n) is 7.56. The molecule has 0 amide bonds. The maximum absolute atomic E-state index is 11.2. The second-order valence-corrected chi connectivity index (χ2v) is 8.50. The van der Waals surface area contributed by atoms with Crippen molar-refractivity contribution in [3.63, 3.8) is 0 Å². The van der Waals surface area contributed by atoms with Crippen molar-refractivity contribution in [2.75, 3.05) is 0 Å². The summed E-state index contributed by atoms with van der Waals surface area (Å²) in [7, 11) is 0. The highest BCUT2D eigenvalue weighted by molar-refractivity contribution is 8.10. The molecule has 0 saturated heterocycles. The van der Waals surface area contributed by atoms with Crippen molar-refractivity contribution in [2.45, 2.75) is 13.5 Å². The van der Waals surface area contributed by atoms with Gasteiger partial charge in [-0.25, -0.2) is 9.48 Å². The number of benzene rings is 3. The highest BCUT2D eigenvalue weighted by atomic mass is 32.2. The Morgan fingerprint density at radius 1 is 0.971 bits per heavy atom. The molecule has 3 aromatic carbocycles. The lowest BCUT2D eigenvalue weighted by Crippen LogP contribution is -2.00. The number of thioether (sulfide) groups is 1. The molecule has 1 aromatic heterocycles. The van der Waals surface area contributed by atoms with Gasteiger partial charge in [-0.05, 0) is 17.9 Å². The van der Waals surface area contributed by atoms with Crippen LogP contribution >= 0.6 is 11.8 Å². The van der Waals surface area contributed by atoms with E-state index in [9.17, 15) is 9.90 Å². The summed E-state index contributed by atoms with van der Waals surface area (Å²) in [5.74, 6) is -0.331. The van der Waals surface area contributed by atoms with Crippen molar-refractivity contribution < 1.29 is 14.6 Å². The van der Waals surface area contributed by atoms with Crippen molar-refractivity contribution >= 4 is 22.8 Å². The van der Waals surface area contributed by atoms with Crippen LogP contribution in [0.15, 0.2) is 109 Å². The molecule has 4 rings (SSSR count). The van der Waals surface area contributed by atoms with Gasteiger partial charge in [0.25, 0.3) is 0 Å². The van der Waals surface area contributed by atoms with Crippen LogP contribution in [-0.2, 0) is 11.4 Å². The summed E-state index contributed by atoms with van der Waals surface area (Å²) in [6, 6.07) is 29.7. The number of hydrogen-bond donors (Lipinski definition) is 1. The number of ether oxygens (including phenoxy) is 1. The molecule has 5 nitrogen and oxygen atoms in total. The van der Waals surface area contributed by atoms with Crippen LogP contribution in [-0.4, -0.2) is 20.9 Å². The van der Waals surface area contributed by atoms with Gasteiger partial charge in [0.05, 0.1) is 5.03 Å². The molecule has 4 aromatic rings. The minimum absolute atomic E-state index is 0.225. The zero-order valence-electron chi connectivity index (χ0n) is 18.7. The molecule has 6 heteroatoms. The smallest absolute Gasteiger partial charge is 0.331 e. The molecule has 0 radical (unpaired) electrons. The van der Waals surface area contributed by atoms with Gasteiger partial charge >= 0.3 is 5.97 Å². The Morgan fingerprint density at radius 2 is 1.53 bits per heavy atom. The summed E-state index contributed by atoms with van der Waals surface area (Å²) in [6.07, 6.45) is 0. The number of carbonyl (C=O) groups is 1. The van der Waals surface area contributed by atoms with Gasteiger partial charge in [0.15, 0.2) is 5.75 Å². The maximum Gasteiger partial charge on any atom is 0.331 e. The fraction of sp³-hybridized carbons (Fsp3) is 0.0714. The highest BCUT2D eigenvalue weighted by Crippen LogP contribution is 2.42. The van der Waals surface area contributed by atoms with Crippen LogP contribution in [0.2, 0.25) is 0 Å². The summed E-state index contributed by atoms with van der Waals surface area (Å²) in [5, 5.41) is 16.2. The monoisotopic (exact) mass is 468 g/mol. The van der Waals surface area contributed by atoms with Gasteiger partial charge < -0.3 is 9.84 Å². The maximum atomic E-state index is 11.2. The van der Waals surface area contributed by atoms with Gasteiger partial charge in [-0.1, -0.05) is 109 Å². The first-order valence-electron chi connectivity index (χ1n) is 10.7. The van der Waals surface area contributed by atoms with E-state index in [0.29, 0.717) is 23.1 Å². The average molecular weight is 469 g/mol. The first-order valence-corrected chi connectivity index (χ1v) is 11.6. The Kier molecular flexibility index (Phi) is 7.30. The molecule has 0 aliphatic rings. The Bertz CT molecular complexity index is 1310. The van der Waals surface area contributed by atoms with E-state index >= 15 is 0 Å². The van der Waals surface area contributed by atoms with E-state index in [1.165, 1.54) is 11.8 Å². The summed E-state index contributed by atoms with van der Waals surface area (Å²) < 4.78 is 8.15. The van der Waals surface area contributed by atoms with Crippen LogP contribution in [0.25, 0.3) is 27.5 Å². The third-order valence-electron chi connectivity index (χ3n) is 5.11. The number of carboxylic acid groups (broad SMARTS) is 1. The Hall–Kier alpha value is -4.03. The van der Waals surface area contributed by atoms with Crippen LogP contribution in [0, 0.1) is 0 Å². The van der Waals surface area contributed by atoms with E-state index in [1.807, 2.05) is 91.0 Å². The van der Waals surface area contributed by atoms with E-state index in [0.717, 1.165) is 22.4 Å². The standard InChI is InChI=1S/C28H24N2O3S/c1-20(28(31)32)19-34-21(2)30-26(24-16-10-5-11-17-24)27(33-18-22-12-6-3-7-13-22)25(29-30)23-14-8-4-9-15-23/h3-17,19H,2,18H2,1H3,(H,31,32)/b20-19+. The van der Waals surface area contributed by atoms with Crippen molar-refractivity contribution in [1.82, 2.24) is 9.78 Å². The van der Waals surface area contributed by atoms with E-state index < -0.39 is 5.97 Å². The van der Waals surface area contributed by atoms with Gasteiger partial charge in [-0.2, -0.15) is 5.10 Å². The molecule has 34 heavy (non-hydrogen) atoms. The summed E-state index contributed by atoms with van der Waals surface area (Å²) in [6.45, 7) is 6.11. The molecule has 0 saturated carbocycles. The fourth-order valence-electron chi connectivity index (χ4n) is 3.34. The minimum Gasteiger partial charge on any atom is -0.484 e. The first-order chi connectivity index (χ1) is 16.5. The fourth-order valence-corrected chi connectivity index (χ4v) is 3.99. The number of aliphatic carboxylic acids is 1. The summed E-state index contributed by atoms with van der Waals surface area (Å²) in [4.78, 5) is 11.2. The third-order valence-corrected chi connectivity index (χ3v) is 6.02. The summed E-state index contributed by atoms with van der Waals surface area (Å²) in [5.41, 5.74) is 4.55. The normalized spacial score (nSPS) is 11.3. The third kappa shape index (κ3) is 5.30. The summed E-state index contributed by atoms with van der Waals surface area (Å²) >= 11 is 1.21. The van der Waals surface area contributed by atoms with Crippen molar-refractivity contribution in [2.24, 2.45) is 0 Å². The van der Waals surface area contributed by atoms with Crippen molar-refractivity contribution in [3.8, 4) is 28.3 Å². The molecule has 0 aliphatic carbocycles. The quantitative estimate of drug-likeness (QED) is 0.269. The number of carboxylic acids is 1. The average Bonchev–Trinajstić information content (AvgIpc) is 3.27. The molecule has 0 fully saturated rings. The highest BCUT2D eigenvalue weighted by Gasteiger charge is 2.24. The molecule has 0 unspecified atom stereocenters. The topological polar surface area (TPSA) is 64.3 Å². The molecule has 170 valence electrons. The zero-order valence-corrected chi connectivity index (χ0v) is 19.5. The molecule has 0 bridgehead atoms. The predicted molar refractivity (Wildman–Crippen MR) is 138 cm³/mol. The molecule has 0 aliphatic heterocycles. The largest absolute Gasteiger partial charge is 0.484 e. The molecule has 0 atom stereocenters. The number of rotatable bonds is 9. The van der Waals surface area contributed by atoms with E-state index in [2.05, 4.69) is 6.58 Å². The van der Waals surface area contributed by atoms with Gasteiger partial charge in [0, 0.05) is 16.7 Å². The Balaban J connectivity index is 1.85. The van der Waals surface area contributed by atoms with Crippen LogP contribution in [0.4, 0.5) is 0 Å². The molecule has 0 spiro atoms. The van der Waals surface area contributed by atoms with Crippen LogP contribution < -0.4 is 4.74 Å². The first kappa shape index (κ1) is 23.1.